The summed E-state index contributed by atoms with van der Waals surface area (Å²) in [6, 6.07) is -1.20. The maximum Gasteiger partial charge on any atom is 0.450 e. The molecule has 0 saturated heterocycles. The van der Waals surface area contributed by atoms with Gasteiger partial charge in [0.15, 0.2) is 0 Å². The van der Waals surface area contributed by atoms with Crippen LogP contribution in [0.3, 0.4) is 0 Å². The van der Waals surface area contributed by atoms with Crippen LogP contribution in [0, 0.1) is 0 Å². The zero-order valence-electron chi connectivity index (χ0n) is 6.12. The van der Waals surface area contributed by atoms with Crippen molar-refractivity contribution in [2.24, 2.45) is 10.1 Å². The quantitative estimate of drug-likeness (QED) is 0.641. The summed E-state index contributed by atoms with van der Waals surface area (Å²) < 4.78 is 73.1. The largest absolute Gasteiger partial charge is 0.450 e. The van der Waals surface area contributed by atoms with Gasteiger partial charge in [0.1, 0.15) is 0 Å². The average Bonchev–Trinajstić information content (AvgIpc) is 1.81. The zero-order chi connectivity index (χ0) is 11.9. The molecular weight excluding hydrogens is 239 g/mol. The number of hydrogen-bond donors (Lipinski definition) is 1. The fourth-order valence-corrected chi connectivity index (χ4v) is 0.220. The second-order valence-corrected chi connectivity index (χ2v) is 2.11. The summed E-state index contributed by atoms with van der Waals surface area (Å²) in [7, 11) is -2.70. The van der Waals surface area contributed by atoms with Gasteiger partial charge in [0.05, 0.1) is 0 Å². The first-order valence-electron chi connectivity index (χ1n) is 2.52. The van der Waals surface area contributed by atoms with Crippen molar-refractivity contribution in [3.63, 3.8) is 0 Å². The number of halogens is 5. The highest BCUT2D eigenvalue weighted by Gasteiger charge is 2.40. The van der Waals surface area contributed by atoms with Gasteiger partial charge in [0.25, 0.3) is 0 Å². The summed E-state index contributed by atoms with van der Waals surface area (Å²) in [5.41, 5.74) is 4.29. The summed E-state index contributed by atoms with van der Waals surface area (Å²) in [6.07, 6.45) is -9.53. The number of rotatable bonds is 0. The van der Waals surface area contributed by atoms with Gasteiger partial charge in [-0.2, -0.15) is 21.6 Å². The molecule has 0 aromatic carbocycles. The molecule has 84 valence electrons. The molecule has 14 heavy (non-hydrogen) atoms. The van der Waals surface area contributed by atoms with E-state index >= 15 is 0 Å². The zero-order valence-corrected chi connectivity index (χ0v) is 6.94. The first-order valence-corrected chi connectivity index (χ1v) is 3.56. The van der Waals surface area contributed by atoms with Gasteiger partial charge in [0, 0.05) is 0 Å². The van der Waals surface area contributed by atoms with Crippen LogP contribution < -0.4 is 5.73 Å². The van der Waals surface area contributed by atoms with E-state index in [1.807, 2.05) is 0 Å². The van der Waals surface area contributed by atoms with Crippen molar-refractivity contribution < 1.29 is 35.2 Å². The van der Waals surface area contributed by atoms with Crippen LogP contribution in [0.4, 0.5) is 26.7 Å². The Kier molecular flexibility index (Phi) is 6.78. The number of carbonyl (C=O) groups is 1. The molecular formula is C3H3F5N2O3S. The number of hydrogen-bond acceptors (Lipinski definition) is 3. The molecule has 0 bridgehead atoms. The van der Waals surface area contributed by atoms with Crippen LogP contribution in [0.5, 0.6) is 0 Å². The van der Waals surface area contributed by atoms with Gasteiger partial charge in [-0.25, -0.2) is 13.6 Å². The van der Waals surface area contributed by atoms with Crippen molar-refractivity contribution in [2.75, 3.05) is 0 Å². The summed E-state index contributed by atoms with van der Waals surface area (Å²) in [6.45, 7) is 0. The molecule has 2 amide bonds. The molecule has 11 heteroatoms. The monoisotopic (exact) mass is 242 g/mol. The number of urea groups is 1. The molecule has 0 aromatic rings. The summed E-state index contributed by atoms with van der Waals surface area (Å²) in [5.74, 6) is 0. The number of alkyl halides is 5. The van der Waals surface area contributed by atoms with Gasteiger partial charge in [-0.05, 0) is 0 Å². The molecule has 2 N–H and O–H groups in total. The van der Waals surface area contributed by atoms with E-state index in [4.69, 9.17) is 0 Å². The maximum absolute atomic E-state index is 10.4. The lowest BCUT2D eigenvalue weighted by Crippen LogP contribution is -2.18. The van der Waals surface area contributed by atoms with E-state index in [-0.39, 0.29) is 0 Å². The van der Waals surface area contributed by atoms with E-state index in [0.29, 0.717) is 0 Å². The van der Waals surface area contributed by atoms with E-state index < -0.39 is 29.1 Å². The fraction of sp³-hybridized carbons (Fsp3) is 0.667. The molecule has 0 heterocycles. The Balaban J connectivity index is 0. The molecule has 0 aromatic heterocycles. The molecule has 0 unspecified atom stereocenters. The van der Waals surface area contributed by atoms with Crippen molar-refractivity contribution in [3.8, 4) is 0 Å². The fourth-order valence-electron chi connectivity index (χ4n) is 0.0735. The molecule has 0 fully saturated rings. The first-order chi connectivity index (χ1) is 6.07. The Hall–Kier alpha value is -1.26. The first kappa shape index (κ1) is 15.2. The molecule has 0 rings (SSSR count). The minimum absolute atomic E-state index is 1.20. The van der Waals surface area contributed by atoms with E-state index in [1.54, 1.807) is 0 Å². The normalized spacial score (nSPS) is 10.1. The van der Waals surface area contributed by atoms with Gasteiger partial charge < -0.3 is 5.73 Å². The third-order valence-electron chi connectivity index (χ3n) is 0.412. The second-order valence-electron chi connectivity index (χ2n) is 1.49. The highest BCUT2D eigenvalue weighted by Crippen LogP contribution is 2.22. The summed E-state index contributed by atoms with van der Waals surface area (Å²) in [5, 5.41) is 0. The predicted octanol–water partition coefficient (Wildman–Crippen LogP) is 0.942. The summed E-state index contributed by atoms with van der Waals surface area (Å²) >= 11 is 0. The van der Waals surface area contributed by atoms with Crippen LogP contribution in [0.2, 0.25) is 0 Å². The Labute approximate surface area is 75.4 Å². The van der Waals surface area contributed by atoms with Crippen LogP contribution in [0.15, 0.2) is 4.36 Å². The molecule has 0 spiro atoms. The smallest absolute Gasteiger partial charge is 0.349 e. The van der Waals surface area contributed by atoms with Crippen LogP contribution >= 0.6 is 0 Å². The van der Waals surface area contributed by atoms with Crippen molar-refractivity contribution in [1.82, 2.24) is 0 Å². The Morgan fingerprint density at radius 3 is 1.57 bits per heavy atom. The molecule has 0 aliphatic carbocycles. The molecule has 0 radical (unpaired) electrons. The minimum Gasteiger partial charge on any atom is -0.349 e. The van der Waals surface area contributed by atoms with E-state index in [2.05, 4.69) is 10.1 Å². The van der Waals surface area contributed by atoms with Crippen molar-refractivity contribution in [3.05, 3.63) is 0 Å². The lowest BCUT2D eigenvalue weighted by Gasteiger charge is -2.00. The minimum atomic E-state index is -5.33. The Morgan fingerprint density at radius 1 is 1.29 bits per heavy atom. The van der Waals surface area contributed by atoms with Crippen molar-refractivity contribution in [2.45, 2.75) is 12.6 Å². The molecule has 5 nitrogen and oxygen atoms in total. The van der Waals surface area contributed by atoms with Gasteiger partial charge in [0.2, 0.25) is 0 Å². The third-order valence-corrected chi connectivity index (χ3v) is 0.741. The van der Waals surface area contributed by atoms with E-state index in [0.717, 1.165) is 0 Å². The standard InChI is InChI=1S/C2HF5.CH2N2O3S/c3-1(4)2(5,6)7;2-1(4)3-7(5)6/h1H;(H2,2,4). The molecule has 0 saturated carbocycles. The summed E-state index contributed by atoms with van der Waals surface area (Å²) in [4.78, 5) is 9.47. The average molecular weight is 242 g/mol. The number of carbonyl (C=O) groups excluding carboxylic acids is 1. The maximum atomic E-state index is 10.4. The highest BCUT2D eigenvalue weighted by atomic mass is 32.2. The van der Waals surface area contributed by atoms with Gasteiger partial charge in [-0.1, -0.05) is 4.36 Å². The lowest BCUT2D eigenvalue weighted by molar-refractivity contribution is -0.219. The van der Waals surface area contributed by atoms with Crippen molar-refractivity contribution in [1.29, 1.82) is 0 Å². The van der Waals surface area contributed by atoms with Crippen molar-refractivity contribution >= 4 is 16.5 Å². The second kappa shape index (κ2) is 6.23. The van der Waals surface area contributed by atoms with Gasteiger partial charge in [-0.3, -0.25) is 0 Å². The Morgan fingerprint density at radius 2 is 1.57 bits per heavy atom. The number of nitrogens with two attached hydrogens (primary N) is 1. The predicted molar refractivity (Wildman–Crippen MR) is 33.0 cm³/mol. The lowest BCUT2D eigenvalue weighted by atomic mass is 10.7. The number of primary amides is 1. The third kappa shape index (κ3) is 13.3. The van der Waals surface area contributed by atoms with Crippen LogP contribution in [-0.2, 0) is 10.5 Å². The van der Waals surface area contributed by atoms with Crippen LogP contribution in [-0.4, -0.2) is 27.1 Å². The number of nitrogens with zero attached hydrogens (tertiary/aromatic N) is 1. The molecule has 0 aliphatic heterocycles. The van der Waals surface area contributed by atoms with E-state index in [9.17, 15) is 35.2 Å². The van der Waals surface area contributed by atoms with Crippen LogP contribution in [0.25, 0.3) is 0 Å². The molecule has 0 aliphatic rings. The van der Waals surface area contributed by atoms with Gasteiger partial charge in [-0.15, -0.1) is 0 Å². The van der Waals surface area contributed by atoms with Crippen LogP contribution in [0.1, 0.15) is 0 Å². The van der Waals surface area contributed by atoms with E-state index in [1.165, 1.54) is 0 Å². The SMILES string of the molecule is FC(F)C(F)(F)F.NC(=O)N=S(=O)=O. The highest BCUT2D eigenvalue weighted by molar-refractivity contribution is 7.62. The Bertz CT molecular complexity index is 299. The van der Waals surface area contributed by atoms with Gasteiger partial charge >= 0.3 is 29.1 Å². The topological polar surface area (TPSA) is 89.6 Å². The molecule has 0 atom stereocenters. The number of amides is 2.